The number of allylic oxidation sites excluding steroid dienone is 1. The van der Waals surface area contributed by atoms with E-state index in [4.69, 9.17) is 4.74 Å². The molecule has 152 valence electrons. The molecule has 0 aromatic carbocycles. The quantitative estimate of drug-likeness (QED) is 0.679. The van der Waals surface area contributed by atoms with Crippen molar-refractivity contribution in [3.05, 3.63) is 22.3 Å². The fourth-order valence-corrected chi connectivity index (χ4v) is 8.84. The molecular weight excluding hydrogens is 354 g/mol. The van der Waals surface area contributed by atoms with E-state index in [1.165, 1.54) is 7.11 Å². The molecule has 4 aliphatic carbocycles. The lowest BCUT2D eigenvalue weighted by molar-refractivity contribution is -0.292. The van der Waals surface area contributed by atoms with E-state index in [0.717, 1.165) is 67.5 Å². The van der Waals surface area contributed by atoms with E-state index in [2.05, 4.69) is 18.7 Å². The van der Waals surface area contributed by atoms with Crippen LogP contribution in [0.5, 0.6) is 0 Å². The number of carbonyl (C=O) groups is 1. The lowest BCUT2D eigenvalue weighted by Crippen LogP contribution is -2.74. The first-order valence-electron chi connectivity index (χ1n) is 11.0. The molecule has 1 spiro atoms. The largest absolute Gasteiger partial charge is 0.466 e. The van der Waals surface area contributed by atoms with Crippen LogP contribution in [-0.4, -0.2) is 53.1 Å². The van der Waals surface area contributed by atoms with Crippen molar-refractivity contribution < 1.29 is 19.7 Å². The van der Waals surface area contributed by atoms with Crippen molar-refractivity contribution in [1.29, 1.82) is 0 Å². The van der Waals surface area contributed by atoms with Crippen LogP contribution in [-0.2, 0) is 9.53 Å². The van der Waals surface area contributed by atoms with Gasteiger partial charge in [-0.1, -0.05) is 13.8 Å². The average Bonchev–Trinajstić information content (AvgIpc) is 3.29. The van der Waals surface area contributed by atoms with E-state index < -0.39 is 17.2 Å². The van der Waals surface area contributed by atoms with Crippen molar-refractivity contribution in [3.63, 3.8) is 0 Å². The Morgan fingerprint density at radius 1 is 1.29 bits per heavy atom. The zero-order valence-electron chi connectivity index (χ0n) is 17.1. The Bertz CT molecular complexity index is 861. The monoisotopic (exact) mass is 385 g/mol. The Hall–Kier alpha value is -1.17. The van der Waals surface area contributed by atoms with Crippen molar-refractivity contribution in [2.24, 2.45) is 28.6 Å². The minimum absolute atomic E-state index is 0.109. The second-order valence-corrected chi connectivity index (χ2v) is 10.6. The normalized spacial score (nSPS) is 51.5. The van der Waals surface area contributed by atoms with E-state index in [0.29, 0.717) is 18.3 Å². The first-order chi connectivity index (χ1) is 13.3. The molecule has 2 saturated heterocycles. The third-order valence-corrected chi connectivity index (χ3v) is 9.96. The van der Waals surface area contributed by atoms with Crippen molar-refractivity contribution in [1.82, 2.24) is 4.90 Å². The molecule has 6 aliphatic rings. The van der Waals surface area contributed by atoms with Crippen molar-refractivity contribution in [2.75, 3.05) is 20.2 Å². The Morgan fingerprint density at radius 2 is 2.07 bits per heavy atom. The van der Waals surface area contributed by atoms with E-state index >= 15 is 0 Å². The molecule has 1 saturated carbocycles. The van der Waals surface area contributed by atoms with Crippen LogP contribution in [0.1, 0.15) is 52.4 Å². The molecule has 6 rings (SSSR count). The third kappa shape index (κ3) is 1.57. The molecule has 2 aliphatic heterocycles. The molecule has 3 fully saturated rings. The Morgan fingerprint density at radius 3 is 2.82 bits per heavy atom. The molecular formula is C23H31NO4. The van der Waals surface area contributed by atoms with Crippen molar-refractivity contribution >= 4 is 5.97 Å². The van der Waals surface area contributed by atoms with Crippen LogP contribution in [0.15, 0.2) is 22.3 Å². The van der Waals surface area contributed by atoms with Gasteiger partial charge < -0.3 is 14.9 Å². The maximum atomic E-state index is 12.8. The summed E-state index contributed by atoms with van der Waals surface area (Å²) in [7, 11) is 1.46. The molecule has 0 aromatic heterocycles. The highest BCUT2D eigenvalue weighted by Crippen LogP contribution is 2.78. The number of aliphatic hydroxyl groups is 2. The molecule has 0 aromatic rings. The van der Waals surface area contributed by atoms with Gasteiger partial charge in [0.05, 0.1) is 13.2 Å². The van der Waals surface area contributed by atoms with Crippen LogP contribution in [0, 0.1) is 28.6 Å². The molecule has 7 atom stereocenters. The zero-order valence-corrected chi connectivity index (χ0v) is 17.1. The summed E-state index contributed by atoms with van der Waals surface area (Å²) < 4.78 is 5.18. The Balaban J connectivity index is 1.69. The van der Waals surface area contributed by atoms with Gasteiger partial charge in [0.2, 0.25) is 0 Å². The highest BCUT2D eigenvalue weighted by atomic mass is 16.5. The smallest absolute Gasteiger partial charge is 0.334 e. The number of piperidine rings is 1. The van der Waals surface area contributed by atoms with E-state index in [-0.39, 0.29) is 17.3 Å². The average molecular weight is 386 g/mol. The first-order valence-corrected chi connectivity index (χ1v) is 11.0. The van der Waals surface area contributed by atoms with Crippen molar-refractivity contribution in [2.45, 2.75) is 64.2 Å². The summed E-state index contributed by atoms with van der Waals surface area (Å²) in [6, 6.07) is 0. The summed E-state index contributed by atoms with van der Waals surface area (Å²) in [5.74, 6) is 0.760. The van der Waals surface area contributed by atoms with Gasteiger partial charge in [-0.25, -0.2) is 4.79 Å². The van der Waals surface area contributed by atoms with Crippen LogP contribution in [0.3, 0.4) is 0 Å². The van der Waals surface area contributed by atoms with Crippen LogP contribution in [0.2, 0.25) is 0 Å². The molecule has 5 heteroatoms. The Kier molecular flexibility index (Phi) is 3.22. The number of ether oxygens (including phenoxy) is 1. The van der Waals surface area contributed by atoms with Gasteiger partial charge in [-0.05, 0) is 72.5 Å². The SMILES string of the molecule is COC(=O)C1=C2CCC3=C2C2(C1)C1(C)CCC4C(C)CN(CC1CC3O)C42O. The van der Waals surface area contributed by atoms with Crippen molar-refractivity contribution in [3.8, 4) is 0 Å². The minimum atomic E-state index is -0.925. The van der Waals surface area contributed by atoms with Gasteiger partial charge in [0.25, 0.3) is 0 Å². The maximum absolute atomic E-state index is 12.8. The second-order valence-electron chi connectivity index (χ2n) is 10.6. The van der Waals surface area contributed by atoms with Gasteiger partial charge >= 0.3 is 5.97 Å². The number of methoxy groups -OCH3 is 1. The number of aliphatic hydroxyl groups excluding tert-OH is 1. The standard InChI is InChI=1S/C23H31NO4/c1-12-10-24-11-13-8-18(25)15-5-4-14-16(20(26)28-3)9-22(19(14)15)21(13,2)7-6-17(12)23(22,24)27/h12-13,17-18,25,27H,4-11H2,1-3H3. The lowest BCUT2D eigenvalue weighted by Gasteiger charge is -2.69. The van der Waals surface area contributed by atoms with Crippen LogP contribution >= 0.6 is 0 Å². The number of hydrogen-bond acceptors (Lipinski definition) is 5. The van der Waals surface area contributed by atoms with Crippen LogP contribution in [0.25, 0.3) is 0 Å². The highest BCUT2D eigenvalue weighted by Gasteiger charge is 2.79. The van der Waals surface area contributed by atoms with E-state index in [1.54, 1.807) is 0 Å². The van der Waals surface area contributed by atoms with E-state index in [1.807, 2.05) is 0 Å². The number of esters is 1. The number of hydrogen-bond donors (Lipinski definition) is 2. The van der Waals surface area contributed by atoms with Crippen LogP contribution < -0.4 is 0 Å². The molecule has 4 bridgehead atoms. The van der Waals surface area contributed by atoms with Gasteiger partial charge in [0.1, 0.15) is 5.72 Å². The molecule has 5 nitrogen and oxygen atoms in total. The lowest BCUT2D eigenvalue weighted by atomic mass is 9.42. The summed E-state index contributed by atoms with van der Waals surface area (Å²) in [4.78, 5) is 15.1. The van der Waals surface area contributed by atoms with Crippen LogP contribution in [0.4, 0.5) is 0 Å². The van der Waals surface area contributed by atoms with Gasteiger partial charge in [-0.2, -0.15) is 0 Å². The van der Waals surface area contributed by atoms with Gasteiger partial charge in [-0.15, -0.1) is 0 Å². The predicted octanol–water partition coefficient (Wildman–Crippen LogP) is 2.39. The second kappa shape index (κ2) is 5.11. The Labute approximate surface area is 166 Å². The number of nitrogens with zero attached hydrogens (tertiary/aromatic N) is 1. The van der Waals surface area contributed by atoms with Gasteiger partial charge in [0, 0.05) is 30.0 Å². The summed E-state index contributed by atoms with van der Waals surface area (Å²) in [6.07, 6.45) is 4.61. The van der Waals surface area contributed by atoms with E-state index in [9.17, 15) is 15.0 Å². The molecule has 0 amide bonds. The summed E-state index contributed by atoms with van der Waals surface area (Å²) in [5.41, 5.74) is 2.60. The maximum Gasteiger partial charge on any atom is 0.334 e. The first kappa shape index (κ1) is 17.7. The highest BCUT2D eigenvalue weighted by molar-refractivity contribution is 5.93. The van der Waals surface area contributed by atoms with Gasteiger partial charge in [0.15, 0.2) is 0 Å². The summed E-state index contributed by atoms with van der Waals surface area (Å²) in [6.45, 7) is 6.40. The fraction of sp³-hybridized carbons (Fsp3) is 0.783. The zero-order chi connectivity index (χ0) is 19.6. The molecule has 28 heavy (non-hydrogen) atoms. The third-order valence-electron chi connectivity index (χ3n) is 9.96. The topological polar surface area (TPSA) is 70.0 Å². The minimum Gasteiger partial charge on any atom is -0.466 e. The number of rotatable bonds is 1. The summed E-state index contributed by atoms with van der Waals surface area (Å²) in [5, 5.41) is 23.8. The predicted molar refractivity (Wildman–Crippen MR) is 103 cm³/mol. The molecule has 0 radical (unpaired) electrons. The molecule has 2 N–H and O–H groups in total. The summed E-state index contributed by atoms with van der Waals surface area (Å²) >= 11 is 0. The molecule has 7 unspecified atom stereocenters. The molecule has 2 heterocycles. The van der Waals surface area contributed by atoms with Gasteiger partial charge in [-0.3, -0.25) is 4.90 Å². The number of carbonyl (C=O) groups excluding carboxylic acids is 1. The fourth-order valence-electron chi connectivity index (χ4n) is 8.84.